The lowest BCUT2D eigenvalue weighted by Crippen LogP contribution is -2.34. The predicted molar refractivity (Wildman–Crippen MR) is 57.7 cm³/mol. The van der Waals surface area contributed by atoms with Crippen molar-refractivity contribution in [3.05, 3.63) is 29.3 Å². The molecule has 78 valence electrons. The van der Waals surface area contributed by atoms with Gasteiger partial charge in [0.1, 0.15) is 11.8 Å². The van der Waals surface area contributed by atoms with E-state index in [2.05, 4.69) is 0 Å². The molecule has 0 aliphatic heterocycles. The van der Waals surface area contributed by atoms with E-state index >= 15 is 0 Å². The molecule has 0 amide bonds. The lowest BCUT2D eigenvalue weighted by Gasteiger charge is -2.23. The van der Waals surface area contributed by atoms with Crippen molar-refractivity contribution in [2.75, 3.05) is 21.1 Å². The summed E-state index contributed by atoms with van der Waals surface area (Å²) in [7, 11) is 5.87. The van der Waals surface area contributed by atoms with Crippen LogP contribution in [0.1, 0.15) is 15.9 Å². The summed E-state index contributed by atoms with van der Waals surface area (Å²) in [5, 5.41) is 17.7. The summed E-state index contributed by atoms with van der Waals surface area (Å²) in [6, 6.07) is 6.71. The third-order valence-electron chi connectivity index (χ3n) is 2.13. The molecule has 4 nitrogen and oxygen atoms in total. The highest BCUT2D eigenvalue weighted by molar-refractivity contribution is 5.91. The molecule has 4 heteroatoms. The maximum Gasteiger partial charge on any atom is 0.337 e. The fraction of sp³-hybridized carbons (Fsp3) is 0.273. The van der Waals surface area contributed by atoms with Gasteiger partial charge in [0.2, 0.25) is 0 Å². The Labute approximate surface area is 88.6 Å². The van der Waals surface area contributed by atoms with E-state index in [4.69, 9.17) is 10.4 Å². The normalized spacial score (nSPS) is 10.8. The number of carboxylic acids is 1. The van der Waals surface area contributed by atoms with Gasteiger partial charge < -0.3 is 5.11 Å². The lowest BCUT2D eigenvalue weighted by molar-refractivity contribution is 0.0696. The zero-order valence-electron chi connectivity index (χ0n) is 8.98. The van der Waals surface area contributed by atoms with E-state index in [0.29, 0.717) is 4.48 Å². The second-order valence-corrected chi connectivity index (χ2v) is 4.16. The fourth-order valence-corrected chi connectivity index (χ4v) is 1.23. The molecule has 1 aromatic carbocycles. The summed E-state index contributed by atoms with van der Waals surface area (Å²) in [5.74, 6) is -1.07. The number of aromatic carboxylic acids is 1. The first-order chi connectivity index (χ1) is 6.86. The average molecular weight is 205 g/mol. The summed E-state index contributed by atoms with van der Waals surface area (Å²) in [4.78, 5) is 10.8. The molecule has 0 unspecified atom stereocenters. The van der Waals surface area contributed by atoms with Crippen LogP contribution in [0.4, 0.5) is 5.69 Å². The van der Waals surface area contributed by atoms with Gasteiger partial charge in [0, 0.05) is 12.1 Å². The molecule has 1 N–H and O–H groups in total. The SMILES string of the molecule is C[N+](C)(C)c1ccc(C(=O)O)c(C#N)c1. The Bertz CT molecular complexity index is 439. The van der Waals surface area contributed by atoms with E-state index < -0.39 is 5.97 Å². The van der Waals surface area contributed by atoms with E-state index in [1.165, 1.54) is 6.07 Å². The number of nitrogens with zero attached hydrogens (tertiary/aromatic N) is 2. The number of rotatable bonds is 2. The Morgan fingerprint density at radius 1 is 1.40 bits per heavy atom. The van der Waals surface area contributed by atoms with Crippen molar-refractivity contribution in [1.29, 1.82) is 5.26 Å². The largest absolute Gasteiger partial charge is 0.478 e. The second-order valence-electron chi connectivity index (χ2n) is 4.16. The second kappa shape index (κ2) is 3.71. The molecule has 0 fully saturated rings. The maximum atomic E-state index is 10.8. The third-order valence-corrected chi connectivity index (χ3v) is 2.13. The van der Waals surface area contributed by atoms with Crippen molar-refractivity contribution in [3.8, 4) is 6.07 Å². The van der Waals surface area contributed by atoms with Crippen LogP contribution >= 0.6 is 0 Å². The first-order valence-corrected chi connectivity index (χ1v) is 4.45. The molecule has 0 aromatic heterocycles. The number of hydrogen-bond acceptors (Lipinski definition) is 2. The van der Waals surface area contributed by atoms with Crippen molar-refractivity contribution < 1.29 is 9.90 Å². The van der Waals surface area contributed by atoms with E-state index in [-0.39, 0.29) is 11.1 Å². The van der Waals surface area contributed by atoms with Crippen LogP contribution in [0.2, 0.25) is 0 Å². The molecule has 0 heterocycles. The Kier molecular flexibility index (Phi) is 2.78. The van der Waals surface area contributed by atoms with Gasteiger partial charge in [-0.1, -0.05) is 0 Å². The Morgan fingerprint density at radius 3 is 2.40 bits per heavy atom. The number of nitriles is 1. The first kappa shape index (κ1) is 11.2. The molecule has 0 spiro atoms. The minimum Gasteiger partial charge on any atom is -0.478 e. The van der Waals surface area contributed by atoms with Gasteiger partial charge in [-0.25, -0.2) is 4.79 Å². The van der Waals surface area contributed by atoms with Crippen LogP contribution in [0.15, 0.2) is 18.2 Å². The zero-order valence-corrected chi connectivity index (χ0v) is 8.98. The summed E-state index contributed by atoms with van der Waals surface area (Å²) in [6.45, 7) is 0. The summed E-state index contributed by atoms with van der Waals surface area (Å²) >= 11 is 0. The number of carbonyl (C=O) groups is 1. The third kappa shape index (κ3) is 2.33. The highest BCUT2D eigenvalue weighted by atomic mass is 16.4. The van der Waals surface area contributed by atoms with Crippen molar-refractivity contribution in [1.82, 2.24) is 4.48 Å². The van der Waals surface area contributed by atoms with E-state index in [0.717, 1.165) is 5.69 Å². The van der Waals surface area contributed by atoms with Crippen LogP contribution in [0.5, 0.6) is 0 Å². The molecule has 15 heavy (non-hydrogen) atoms. The van der Waals surface area contributed by atoms with Crippen LogP contribution in [-0.4, -0.2) is 32.2 Å². The van der Waals surface area contributed by atoms with Crippen molar-refractivity contribution in [3.63, 3.8) is 0 Å². The highest BCUT2D eigenvalue weighted by Gasteiger charge is 2.17. The minimum atomic E-state index is -1.07. The molecule has 0 atom stereocenters. The first-order valence-electron chi connectivity index (χ1n) is 4.45. The molecule has 1 rings (SSSR count). The molecular formula is C11H13N2O2+. The van der Waals surface area contributed by atoms with Gasteiger partial charge in [0.25, 0.3) is 0 Å². The molecule has 1 aromatic rings. The Morgan fingerprint density at radius 2 is 2.00 bits per heavy atom. The Balaban J connectivity index is 3.34. The van der Waals surface area contributed by atoms with Crippen LogP contribution in [-0.2, 0) is 0 Å². The minimum absolute atomic E-state index is 0.0506. The van der Waals surface area contributed by atoms with Gasteiger partial charge in [-0.15, -0.1) is 0 Å². The highest BCUT2D eigenvalue weighted by Crippen LogP contribution is 2.20. The summed E-state index contributed by atoms with van der Waals surface area (Å²) < 4.78 is 0.550. The number of carboxylic acid groups (broad SMARTS) is 1. The van der Waals surface area contributed by atoms with Gasteiger partial charge in [-0.05, 0) is 6.07 Å². The average Bonchev–Trinajstić information content (AvgIpc) is 2.15. The molecule has 0 bridgehead atoms. The molecule has 0 saturated heterocycles. The fourth-order valence-electron chi connectivity index (χ4n) is 1.23. The lowest BCUT2D eigenvalue weighted by atomic mass is 10.1. The number of quaternary nitrogens is 1. The van der Waals surface area contributed by atoms with Crippen LogP contribution in [0, 0.1) is 11.3 Å². The Hall–Kier alpha value is -1.86. The molecular weight excluding hydrogens is 192 g/mol. The predicted octanol–water partition coefficient (Wildman–Crippen LogP) is 1.45. The van der Waals surface area contributed by atoms with Gasteiger partial charge >= 0.3 is 5.97 Å². The van der Waals surface area contributed by atoms with Crippen molar-refractivity contribution in [2.24, 2.45) is 0 Å². The zero-order chi connectivity index (χ0) is 11.6. The van der Waals surface area contributed by atoms with E-state index in [9.17, 15) is 4.79 Å². The van der Waals surface area contributed by atoms with Gasteiger partial charge in [0.15, 0.2) is 0 Å². The topological polar surface area (TPSA) is 61.1 Å². The monoisotopic (exact) mass is 205 g/mol. The number of benzene rings is 1. The smallest absolute Gasteiger partial charge is 0.337 e. The quantitative estimate of drug-likeness (QED) is 0.743. The molecule has 0 aliphatic rings. The molecule has 0 saturated carbocycles. The van der Waals surface area contributed by atoms with Crippen molar-refractivity contribution >= 4 is 11.7 Å². The summed E-state index contributed by atoms with van der Waals surface area (Å²) in [6.07, 6.45) is 0. The molecule has 0 radical (unpaired) electrons. The van der Waals surface area contributed by atoms with Crippen LogP contribution in [0.25, 0.3) is 0 Å². The van der Waals surface area contributed by atoms with Gasteiger partial charge in [-0.3, -0.25) is 4.48 Å². The number of hydrogen-bond donors (Lipinski definition) is 1. The van der Waals surface area contributed by atoms with Crippen LogP contribution in [0.3, 0.4) is 0 Å². The van der Waals surface area contributed by atoms with Crippen LogP contribution < -0.4 is 4.48 Å². The van der Waals surface area contributed by atoms with Crippen molar-refractivity contribution in [2.45, 2.75) is 0 Å². The summed E-state index contributed by atoms with van der Waals surface area (Å²) in [5.41, 5.74) is 1.15. The van der Waals surface area contributed by atoms with Gasteiger partial charge in [0.05, 0.1) is 32.3 Å². The van der Waals surface area contributed by atoms with E-state index in [1.807, 2.05) is 27.2 Å². The standard InChI is InChI=1S/C11H12N2O2/c1-13(2,3)9-4-5-10(11(14)15)8(6-9)7-12/h4-6H,1-3H3/p+1. The van der Waals surface area contributed by atoms with Gasteiger partial charge in [-0.2, -0.15) is 5.26 Å². The maximum absolute atomic E-state index is 10.8. The van der Waals surface area contributed by atoms with E-state index in [1.54, 1.807) is 12.1 Å². The molecule has 0 aliphatic carbocycles.